The second-order valence-electron chi connectivity index (χ2n) is 2.91. The van der Waals surface area contributed by atoms with Crippen LogP contribution in [0.4, 0.5) is 0 Å². The molecule has 0 saturated heterocycles. The van der Waals surface area contributed by atoms with Crippen LogP contribution in [0.5, 0.6) is 0 Å². The molecule has 0 heterocycles. The van der Waals surface area contributed by atoms with Crippen LogP contribution in [0.3, 0.4) is 0 Å². The SMILES string of the molecule is C[C](C)COC[C](C)C. The average Bonchev–Trinajstić information content (AvgIpc) is 1.63. The van der Waals surface area contributed by atoms with E-state index in [0.717, 1.165) is 13.2 Å². The lowest BCUT2D eigenvalue weighted by Crippen LogP contribution is -2.04. The van der Waals surface area contributed by atoms with E-state index in [1.54, 1.807) is 0 Å². The van der Waals surface area contributed by atoms with E-state index in [-0.39, 0.29) is 0 Å². The molecular formula is C8H16O. The first-order valence-corrected chi connectivity index (χ1v) is 3.28. The predicted molar refractivity (Wildman–Crippen MR) is 40.0 cm³/mol. The van der Waals surface area contributed by atoms with Crippen LogP contribution >= 0.6 is 0 Å². The van der Waals surface area contributed by atoms with Crippen LogP contribution in [0.1, 0.15) is 27.7 Å². The van der Waals surface area contributed by atoms with E-state index in [9.17, 15) is 0 Å². The molecule has 0 aliphatic rings. The molecule has 0 aliphatic heterocycles. The molecule has 2 radical (unpaired) electrons. The maximum absolute atomic E-state index is 5.28. The average molecular weight is 128 g/mol. The minimum Gasteiger partial charge on any atom is -0.380 e. The van der Waals surface area contributed by atoms with Crippen molar-refractivity contribution in [3.63, 3.8) is 0 Å². The zero-order valence-corrected chi connectivity index (χ0v) is 6.82. The molecule has 1 heteroatoms. The number of ether oxygens (including phenoxy) is 1. The van der Waals surface area contributed by atoms with Crippen molar-refractivity contribution in [3.8, 4) is 0 Å². The lowest BCUT2D eigenvalue weighted by Gasteiger charge is -2.07. The molecule has 0 rings (SSSR count). The first-order valence-electron chi connectivity index (χ1n) is 3.28. The standard InChI is InChI=1S/C8H16O/c1-7(2)5-9-6-8(3)4/h5-6H2,1-4H3. The summed E-state index contributed by atoms with van der Waals surface area (Å²) in [5.41, 5.74) is 0. The van der Waals surface area contributed by atoms with E-state index in [1.165, 1.54) is 11.8 Å². The molecule has 0 unspecified atom stereocenters. The van der Waals surface area contributed by atoms with Gasteiger partial charge in [-0.25, -0.2) is 0 Å². The van der Waals surface area contributed by atoms with Gasteiger partial charge in [0.2, 0.25) is 0 Å². The minimum absolute atomic E-state index is 0.797. The minimum atomic E-state index is 0.797. The van der Waals surface area contributed by atoms with Gasteiger partial charge < -0.3 is 4.74 Å². The van der Waals surface area contributed by atoms with E-state index in [4.69, 9.17) is 4.74 Å². The Morgan fingerprint density at radius 3 is 1.44 bits per heavy atom. The molecule has 0 bridgehead atoms. The maximum Gasteiger partial charge on any atom is 0.0523 e. The molecule has 54 valence electrons. The van der Waals surface area contributed by atoms with Gasteiger partial charge in [-0.2, -0.15) is 0 Å². The fourth-order valence-electron chi connectivity index (χ4n) is 0.459. The second kappa shape index (κ2) is 4.80. The Morgan fingerprint density at radius 2 is 1.22 bits per heavy atom. The third-order valence-corrected chi connectivity index (χ3v) is 0.781. The summed E-state index contributed by atoms with van der Waals surface area (Å²) >= 11 is 0. The zero-order valence-electron chi connectivity index (χ0n) is 6.82. The molecule has 0 N–H and O–H groups in total. The van der Waals surface area contributed by atoms with Gasteiger partial charge in [0.15, 0.2) is 0 Å². The van der Waals surface area contributed by atoms with Gasteiger partial charge in [-0.1, -0.05) is 27.7 Å². The first-order chi connectivity index (χ1) is 4.13. The maximum atomic E-state index is 5.28. The van der Waals surface area contributed by atoms with Gasteiger partial charge in [0.05, 0.1) is 13.2 Å². The molecule has 0 spiro atoms. The Balaban J connectivity index is 2.91. The van der Waals surface area contributed by atoms with Crippen LogP contribution in [0.2, 0.25) is 0 Å². The van der Waals surface area contributed by atoms with Gasteiger partial charge in [-0.3, -0.25) is 0 Å². The normalized spacial score (nSPS) is 11.3. The van der Waals surface area contributed by atoms with Crippen molar-refractivity contribution in [1.29, 1.82) is 0 Å². The highest BCUT2D eigenvalue weighted by Crippen LogP contribution is 1.99. The van der Waals surface area contributed by atoms with Gasteiger partial charge in [-0.15, -0.1) is 0 Å². The van der Waals surface area contributed by atoms with E-state index in [0.29, 0.717) is 0 Å². The molecule has 0 aromatic rings. The van der Waals surface area contributed by atoms with Crippen LogP contribution in [0.15, 0.2) is 0 Å². The summed E-state index contributed by atoms with van der Waals surface area (Å²) in [5, 5.41) is 0. The van der Waals surface area contributed by atoms with Crippen LogP contribution in [0.25, 0.3) is 0 Å². The van der Waals surface area contributed by atoms with Crippen molar-refractivity contribution in [2.24, 2.45) is 0 Å². The molecule has 9 heavy (non-hydrogen) atoms. The van der Waals surface area contributed by atoms with Crippen molar-refractivity contribution < 1.29 is 4.74 Å². The summed E-state index contributed by atoms with van der Waals surface area (Å²) in [6, 6.07) is 0. The number of rotatable bonds is 4. The summed E-state index contributed by atoms with van der Waals surface area (Å²) in [5.74, 6) is 2.66. The Kier molecular flexibility index (Phi) is 4.78. The molecule has 0 aliphatic carbocycles. The predicted octanol–water partition coefficient (Wildman–Crippen LogP) is 2.23. The zero-order chi connectivity index (χ0) is 7.28. The Bertz CT molecular complexity index is 49.6. The Morgan fingerprint density at radius 1 is 0.889 bits per heavy atom. The lowest BCUT2D eigenvalue weighted by atomic mass is 10.2. The third-order valence-electron chi connectivity index (χ3n) is 0.781. The Labute approximate surface area is 58.4 Å². The molecular weight excluding hydrogens is 112 g/mol. The largest absolute Gasteiger partial charge is 0.380 e. The topological polar surface area (TPSA) is 9.23 Å². The highest BCUT2D eigenvalue weighted by Gasteiger charge is 1.96. The van der Waals surface area contributed by atoms with Crippen molar-refractivity contribution in [1.82, 2.24) is 0 Å². The van der Waals surface area contributed by atoms with E-state index < -0.39 is 0 Å². The van der Waals surface area contributed by atoms with Gasteiger partial charge in [0.1, 0.15) is 0 Å². The van der Waals surface area contributed by atoms with Crippen LogP contribution in [0, 0.1) is 11.8 Å². The summed E-state index contributed by atoms with van der Waals surface area (Å²) in [7, 11) is 0. The van der Waals surface area contributed by atoms with Crippen molar-refractivity contribution in [3.05, 3.63) is 11.8 Å². The molecule has 0 aromatic carbocycles. The van der Waals surface area contributed by atoms with Crippen LogP contribution in [-0.4, -0.2) is 13.2 Å². The van der Waals surface area contributed by atoms with E-state index >= 15 is 0 Å². The van der Waals surface area contributed by atoms with Crippen LogP contribution in [-0.2, 0) is 4.74 Å². The fraction of sp³-hybridized carbons (Fsp3) is 0.750. The Hall–Kier alpha value is -0.0400. The smallest absolute Gasteiger partial charge is 0.0523 e. The van der Waals surface area contributed by atoms with E-state index in [2.05, 4.69) is 27.7 Å². The molecule has 0 saturated carbocycles. The summed E-state index contributed by atoms with van der Waals surface area (Å²) < 4.78 is 5.28. The molecule has 0 aromatic heterocycles. The summed E-state index contributed by atoms with van der Waals surface area (Å²) in [6.07, 6.45) is 0. The van der Waals surface area contributed by atoms with Crippen molar-refractivity contribution in [2.45, 2.75) is 27.7 Å². The second-order valence-corrected chi connectivity index (χ2v) is 2.91. The quantitative estimate of drug-likeness (QED) is 0.564. The molecule has 0 amide bonds. The highest BCUT2D eigenvalue weighted by atomic mass is 16.5. The van der Waals surface area contributed by atoms with Crippen molar-refractivity contribution >= 4 is 0 Å². The van der Waals surface area contributed by atoms with E-state index in [1.807, 2.05) is 0 Å². The summed E-state index contributed by atoms with van der Waals surface area (Å²) in [6.45, 7) is 9.89. The van der Waals surface area contributed by atoms with Crippen LogP contribution < -0.4 is 0 Å². The third kappa shape index (κ3) is 7.96. The van der Waals surface area contributed by atoms with Gasteiger partial charge in [0.25, 0.3) is 0 Å². The highest BCUT2D eigenvalue weighted by molar-refractivity contribution is 4.79. The fourth-order valence-corrected chi connectivity index (χ4v) is 0.459. The molecule has 0 fully saturated rings. The van der Waals surface area contributed by atoms with Gasteiger partial charge >= 0.3 is 0 Å². The number of hydrogen-bond acceptors (Lipinski definition) is 1. The first kappa shape index (κ1) is 8.96. The molecule has 0 atom stereocenters. The summed E-state index contributed by atoms with van der Waals surface area (Å²) in [4.78, 5) is 0. The van der Waals surface area contributed by atoms with Gasteiger partial charge in [-0.05, 0) is 11.8 Å². The monoisotopic (exact) mass is 128 g/mol. The number of hydrogen-bond donors (Lipinski definition) is 0. The van der Waals surface area contributed by atoms with Crippen molar-refractivity contribution in [2.75, 3.05) is 13.2 Å². The molecule has 1 nitrogen and oxygen atoms in total. The lowest BCUT2D eigenvalue weighted by molar-refractivity contribution is 0.156. The van der Waals surface area contributed by atoms with Gasteiger partial charge in [0, 0.05) is 0 Å².